The van der Waals surface area contributed by atoms with E-state index < -0.39 is 16.1 Å². The van der Waals surface area contributed by atoms with E-state index in [1.54, 1.807) is 24.4 Å². The van der Waals surface area contributed by atoms with Gasteiger partial charge in [-0.3, -0.25) is 34.3 Å². The zero-order valence-electron chi connectivity index (χ0n) is 18.8. The van der Waals surface area contributed by atoms with Gasteiger partial charge >= 0.3 is 0 Å². The Morgan fingerprint density at radius 1 is 1.17 bits per heavy atom. The lowest BCUT2D eigenvalue weighted by Crippen LogP contribution is -2.41. The van der Waals surface area contributed by atoms with Crippen LogP contribution in [0.5, 0.6) is 0 Å². The number of nitro benzene ring substituents is 1. The predicted octanol–water partition coefficient (Wildman–Crippen LogP) is 1.66. The maximum Gasteiger partial charge on any atom is 0.293 e. The van der Waals surface area contributed by atoms with Crippen LogP contribution in [0.25, 0.3) is 11.8 Å². The third-order valence-corrected chi connectivity index (χ3v) is 6.41. The number of nitrogens with one attached hydrogen (secondary N) is 1. The zero-order chi connectivity index (χ0) is 24.8. The number of imide groups is 1. The number of nitro groups is 1. The van der Waals surface area contributed by atoms with Crippen molar-refractivity contribution in [3.8, 4) is 5.69 Å². The number of ether oxygens (including phenoxy) is 1. The fraction of sp³-hybridized carbons (Fsp3) is 0.364. The van der Waals surface area contributed by atoms with Gasteiger partial charge in [0.15, 0.2) is 0 Å². The monoisotopic (exact) mass is 500 g/mol. The Hall–Kier alpha value is -3.55. The third kappa shape index (κ3) is 6.32. The average molecular weight is 501 g/mol. The van der Waals surface area contributed by atoms with E-state index in [1.807, 2.05) is 0 Å². The van der Waals surface area contributed by atoms with Crippen LogP contribution in [-0.4, -0.2) is 87.5 Å². The fourth-order valence-electron chi connectivity index (χ4n) is 3.59. The highest BCUT2D eigenvalue weighted by Crippen LogP contribution is 2.32. The molecule has 0 atom stereocenters. The van der Waals surface area contributed by atoms with Crippen LogP contribution in [0, 0.1) is 10.1 Å². The van der Waals surface area contributed by atoms with Gasteiger partial charge < -0.3 is 10.1 Å². The molecule has 4 rings (SSSR count). The molecule has 0 unspecified atom stereocenters. The van der Waals surface area contributed by atoms with Crippen molar-refractivity contribution in [2.75, 3.05) is 45.9 Å². The maximum atomic E-state index is 12.7. The van der Waals surface area contributed by atoms with Gasteiger partial charge in [-0.2, -0.15) is 5.10 Å². The van der Waals surface area contributed by atoms with Crippen molar-refractivity contribution >= 4 is 40.6 Å². The molecule has 0 aliphatic carbocycles. The number of hydrogen-bond acceptors (Lipinski definition) is 9. The summed E-state index contributed by atoms with van der Waals surface area (Å²) in [7, 11) is 0. The lowest BCUT2D eigenvalue weighted by Gasteiger charge is -2.26. The minimum Gasteiger partial charge on any atom is -0.379 e. The second-order valence-corrected chi connectivity index (χ2v) is 8.84. The highest BCUT2D eigenvalue weighted by Gasteiger charge is 2.35. The van der Waals surface area contributed by atoms with E-state index in [9.17, 15) is 24.5 Å². The van der Waals surface area contributed by atoms with Crippen molar-refractivity contribution in [2.45, 2.75) is 6.42 Å². The molecule has 2 aromatic rings. The minimum atomic E-state index is -0.483. The Balaban J connectivity index is 1.29. The molecule has 0 saturated carbocycles. The summed E-state index contributed by atoms with van der Waals surface area (Å²) in [5, 5.41) is 17.5. The molecule has 35 heavy (non-hydrogen) atoms. The number of carbonyl (C=O) groups is 3. The molecule has 12 nitrogen and oxygen atoms in total. The second kappa shape index (κ2) is 11.3. The summed E-state index contributed by atoms with van der Waals surface area (Å²) in [4.78, 5) is 51.0. The second-order valence-electron chi connectivity index (χ2n) is 7.85. The summed E-state index contributed by atoms with van der Waals surface area (Å²) in [5.74, 6) is -0.686. The molecule has 1 N–H and O–H groups in total. The Morgan fingerprint density at radius 3 is 2.63 bits per heavy atom. The summed E-state index contributed by atoms with van der Waals surface area (Å²) in [6.45, 7) is 4.29. The third-order valence-electron chi connectivity index (χ3n) is 5.50. The van der Waals surface area contributed by atoms with Crippen LogP contribution in [-0.2, 0) is 14.3 Å². The van der Waals surface area contributed by atoms with Crippen LogP contribution in [0.1, 0.15) is 12.1 Å². The lowest BCUT2D eigenvalue weighted by atomic mass is 10.3. The lowest BCUT2D eigenvalue weighted by molar-refractivity contribution is -0.384. The number of benzene rings is 1. The van der Waals surface area contributed by atoms with Crippen molar-refractivity contribution in [3.05, 3.63) is 57.2 Å². The van der Waals surface area contributed by atoms with Gasteiger partial charge in [0.1, 0.15) is 0 Å². The van der Waals surface area contributed by atoms with Crippen molar-refractivity contribution < 1.29 is 24.0 Å². The van der Waals surface area contributed by atoms with Crippen LogP contribution < -0.4 is 5.32 Å². The number of aromatic nitrogens is 2. The molecule has 2 fully saturated rings. The van der Waals surface area contributed by atoms with Gasteiger partial charge in [0.25, 0.3) is 16.8 Å². The molecule has 0 spiro atoms. The molecule has 0 bridgehead atoms. The number of rotatable bonds is 9. The summed E-state index contributed by atoms with van der Waals surface area (Å²) in [5.41, 5.74) is 1.04. The molecular weight excluding hydrogens is 476 g/mol. The van der Waals surface area contributed by atoms with Gasteiger partial charge in [-0.15, -0.1) is 0 Å². The van der Waals surface area contributed by atoms with E-state index >= 15 is 0 Å². The van der Waals surface area contributed by atoms with Gasteiger partial charge in [-0.25, -0.2) is 4.68 Å². The Morgan fingerprint density at radius 2 is 1.91 bits per heavy atom. The van der Waals surface area contributed by atoms with Crippen LogP contribution in [0.2, 0.25) is 0 Å². The van der Waals surface area contributed by atoms with Gasteiger partial charge in [-0.05, 0) is 36.0 Å². The van der Waals surface area contributed by atoms with Gasteiger partial charge in [0, 0.05) is 57.5 Å². The standard InChI is InChI=1S/C22H24N6O6S/c29-20(23-7-10-25-11-13-34-14-12-25)6-8-26-21(30)19(35-22(26)31)15-16-5-9-27(24-16)17-1-3-18(4-2-17)28(32)33/h1-5,9,15H,6-8,10-14H2,(H,23,29)/b19-15-. The fourth-order valence-corrected chi connectivity index (χ4v) is 4.44. The molecule has 1 aromatic heterocycles. The number of morpholine rings is 1. The molecule has 2 saturated heterocycles. The van der Waals surface area contributed by atoms with E-state index in [0.29, 0.717) is 31.1 Å². The highest BCUT2D eigenvalue weighted by molar-refractivity contribution is 8.18. The number of hydrogen-bond donors (Lipinski definition) is 1. The maximum absolute atomic E-state index is 12.7. The largest absolute Gasteiger partial charge is 0.379 e. The van der Waals surface area contributed by atoms with E-state index in [0.717, 1.165) is 36.3 Å². The molecule has 3 amide bonds. The van der Waals surface area contributed by atoms with E-state index in [-0.39, 0.29) is 29.5 Å². The highest BCUT2D eigenvalue weighted by atomic mass is 32.2. The number of nitrogens with zero attached hydrogens (tertiary/aromatic N) is 5. The van der Waals surface area contributed by atoms with Crippen LogP contribution in [0.15, 0.2) is 41.4 Å². The molecule has 0 radical (unpaired) electrons. The van der Waals surface area contributed by atoms with Crippen molar-refractivity contribution in [3.63, 3.8) is 0 Å². The van der Waals surface area contributed by atoms with E-state index in [4.69, 9.17) is 4.74 Å². The Kier molecular flexibility index (Phi) is 7.90. The minimum absolute atomic E-state index is 0.00261. The number of thioether (sulfide) groups is 1. The Bertz CT molecular complexity index is 1140. The van der Waals surface area contributed by atoms with Crippen molar-refractivity contribution in [1.82, 2.24) is 24.9 Å². The van der Waals surface area contributed by atoms with Crippen LogP contribution >= 0.6 is 11.8 Å². The van der Waals surface area contributed by atoms with Crippen molar-refractivity contribution in [2.24, 2.45) is 0 Å². The molecular formula is C22H24N6O6S. The molecule has 13 heteroatoms. The molecule has 2 aliphatic rings. The van der Waals surface area contributed by atoms with E-state index in [2.05, 4.69) is 15.3 Å². The SMILES string of the molecule is O=C(CCN1C(=O)S/C(=C\c2ccn(-c3ccc([N+](=O)[O-])cc3)n2)C1=O)NCCN1CCOCC1. The molecule has 3 heterocycles. The normalized spacial score (nSPS) is 17.8. The topological polar surface area (TPSA) is 140 Å². The first kappa shape index (κ1) is 24.6. The average Bonchev–Trinajstić information content (AvgIpc) is 3.43. The first-order chi connectivity index (χ1) is 16.9. The molecule has 184 valence electrons. The number of carbonyl (C=O) groups excluding carboxylic acids is 3. The number of amides is 3. The first-order valence-electron chi connectivity index (χ1n) is 11.0. The summed E-state index contributed by atoms with van der Waals surface area (Å²) in [6.07, 6.45) is 3.19. The number of non-ortho nitro benzene ring substituents is 1. The van der Waals surface area contributed by atoms with Gasteiger partial charge in [0.05, 0.1) is 34.4 Å². The summed E-state index contributed by atoms with van der Waals surface area (Å²) in [6, 6.07) is 7.54. The van der Waals surface area contributed by atoms with Gasteiger partial charge in [0.2, 0.25) is 5.91 Å². The van der Waals surface area contributed by atoms with Crippen molar-refractivity contribution in [1.29, 1.82) is 0 Å². The summed E-state index contributed by atoms with van der Waals surface area (Å²) >= 11 is 0.799. The quantitative estimate of drug-likeness (QED) is 0.309. The van der Waals surface area contributed by atoms with Crippen LogP contribution in [0.3, 0.4) is 0 Å². The smallest absolute Gasteiger partial charge is 0.293 e. The van der Waals surface area contributed by atoms with Gasteiger partial charge in [-0.1, -0.05) is 0 Å². The predicted molar refractivity (Wildman–Crippen MR) is 128 cm³/mol. The summed E-state index contributed by atoms with van der Waals surface area (Å²) < 4.78 is 6.81. The molecule has 2 aliphatic heterocycles. The Labute approximate surface area is 205 Å². The van der Waals surface area contributed by atoms with E-state index in [1.165, 1.54) is 22.9 Å². The van der Waals surface area contributed by atoms with Crippen LogP contribution in [0.4, 0.5) is 10.5 Å². The molecule has 1 aromatic carbocycles. The zero-order valence-corrected chi connectivity index (χ0v) is 19.6. The first-order valence-corrected chi connectivity index (χ1v) is 11.8.